The van der Waals surface area contributed by atoms with Crippen LogP contribution in [0, 0.1) is 0 Å². The van der Waals surface area contributed by atoms with Crippen LogP contribution in [0.5, 0.6) is 11.5 Å². The van der Waals surface area contributed by atoms with Crippen LogP contribution in [0.4, 0.5) is 0 Å². The minimum atomic E-state index is -0.557. The van der Waals surface area contributed by atoms with Crippen LogP contribution < -0.4 is 14.3 Å². The van der Waals surface area contributed by atoms with E-state index in [1.54, 1.807) is 16.7 Å². The van der Waals surface area contributed by atoms with E-state index in [1.807, 2.05) is 44.2 Å². The number of amides is 1. The molecule has 32 heavy (non-hydrogen) atoms. The highest BCUT2D eigenvalue weighted by molar-refractivity contribution is 7.16. The number of hydrogen-bond donors (Lipinski definition) is 0. The van der Waals surface area contributed by atoms with E-state index in [2.05, 4.69) is 4.99 Å². The summed E-state index contributed by atoms with van der Waals surface area (Å²) in [5, 5.41) is 0.745. The molecular weight excluding hydrogens is 432 g/mol. The molecule has 0 N–H and O–H groups in total. The van der Waals surface area contributed by atoms with Crippen molar-refractivity contribution in [3.05, 3.63) is 53.0 Å². The molecule has 2 aromatic heterocycles. The molecule has 0 spiro atoms. The summed E-state index contributed by atoms with van der Waals surface area (Å²) in [7, 11) is 1.32. The zero-order chi connectivity index (χ0) is 22.7. The van der Waals surface area contributed by atoms with Gasteiger partial charge in [0.1, 0.15) is 12.3 Å². The van der Waals surface area contributed by atoms with Gasteiger partial charge in [-0.15, -0.1) is 0 Å². The van der Waals surface area contributed by atoms with Crippen molar-refractivity contribution in [2.75, 3.05) is 20.3 Å². The maximum Gasteiger partial charge on any atom is 0.325 e. The Labute approximate surface area is 187 Å². The Hall–Kier alpha value is -3.59. The molecule has 2 heterocycles. The first-order valence-corrected chi connectivity index (χ1v) is 10.9. The molecule has 1 amide bonds. The van der Waals surface area contributed by atoms with E-state index in [1.165, 1.54) is 18.4 Å². The molecular formula is C23H22N2O6S. The van der Waals surface area contributed by atoms with Gasteiger partial charge in [-0.25, -0.2) is 0 Å². The lowest BCUT2D eigenvalue weighted by Gasteiger charge is -2.05. The largest absolute Gasteiger partial charge is 0.494 e. The number of thiazole rings is 1. The van der Waals surface area contributed by atoms with Gasteiger partial charge in [-0.3, -0.25) is 9.59 Å². The number of para-hydroxylation sites is 1. The zero-order valence-corrected chi connectivity index (χ0v) is 18.7. The minimum absolute atomic E-state index is 0.0782. The normalized spacial score (nSPS) is 11.8. The average molecular weight is 455 g/mol. The molecule has 0 radical (unpaired) electrons. The van der Waals surface area contributed by atoms with Gasteiger partial charge in [-0.05, 0) is 44.2 Å². The third kappa shape index (κ3) is 4.24. The van der Waals surface area contributed by atoms with Crippen molar-refractivity contribution in [3.8, 4) is 11.5 Å². The van der Waals surface area contributed by atoms with Gasteiger partial charge in [0.05, 0.1) is 30.5 Å². The Morgan fingerprint density at radius 3 is 2.66 bits per heavy atom. The summed E-state index contributed by atoms with van der Waals surface area (Å²) in [5.74, 6) is 0.348. The first-order valence-electron chi connectivity index (χ1n) is 10.1. The SMILES string of the molecule is CCOc1ccc2c(c1)sc(=NC(=O)c1cc3cccc(OCC)c3o1)n2CC(=O)OC. The molecule has 0 atom stereocenters. The Balaban J connectivity index is 1.80. The fraction of sp³-hybridized carbons (Fsp3) is 0.261. The van der Waals surface area contributed by atoms with Crippen LogP contribution in [0.1, 0.15) is 24.4 Å². The third-order valence-electron chi connectivity index (χ3n) is 4.70. The monoisotopic (exact) mass is 454 g/mol. The van der Waals surface area contributed by atoms with Crippen molar-refractivity contribution >= 4 is 44.4 Å². The van der Waals surface area contributed by atoms with Gasteiger partial charge in [0.25, 0.3) is 0 Å². The quantitative estimate of drug-likeness (QED) is 0.389. The number of furan rings is 1. The van der Waals surface area contributed by atoms with Crippen LogP contribution in [0.2, 0.25) is 0 Å². The molecule has 9 heteroatoms. The topological polar surface area (TPSA) is 92.3 Å². The van der Waals surface area contributed by atoms with Crippen LogP contribution in [0.25, 0.3) is 21.2 Å². The summed E-state index contributed by atoms with van der Waals surface area (Å²) in [4.78, 5) is 29.6. The molecule has 166 valence electrons. The molecule has 0 fully saturated rings. The van der Waals surface area contributed by atoms with Crippen LogP contribution in [0.15, 0.2) is 51.9 Å². The molecule has 2 aromatic carbocycles. The number of benzene rings is 2. The average Bonchev–Trinajstić information content (AvgIpc) is 3.36. The minimum Gasteiger partial charge on any atom is -0.494 e. The molecule has 4 rings (SSSR count). The van der Waals surface area contributed by atoms with Gasteiger partial charge in [0, 0.05) is 5.39 Å². The summed E-state index contributed by atoms with van der Waals surface area (Å²) in [6.45, 7) is 4.71. The molecule has 0 bridgehead atoms. The number of fused-ring (bicyclic) bond motifs is 2. The number of rotatable bonds is 7. The van der Waals surface area contributed by atoms with E-state index >= 15 is 0 Å². The lowest BCUT2D eigenvalue weighted by molar-refractivity contribution is -0.141. The standard InChI is InChI=1S/C23H22N2O6S/c1-4-29-15-9-10-16-19(12-15)32-23(25(16)13-20(26)28-3)24-22(27)18-11-14-7-6-8-17(30-5-2)21(14)31-18/h6-12H,4-5,13H2,1-3H3. The Morgan fingerprint density at radius 1 is 1.09 bits per heavy atom. The highest BCUT2D eigenvalue weighted by Crippen LogP contribution is 2.29. The molecule has 0 aliphatic heterocycles. The van der Waals surface area contributed by atoms with Crippen LogP contribution in [-0.2, 0) is 16.1 Å². The van der Waals surface area contributed by atoms with Gasteiger partial charge in [-0.1, -0.05) is 23.5 Å². The van der Waals surface area contributed by atoms with Gasteiger partial charge < -0.3 is 23.2 Å². The number of hydrogen-bond acceptors (Lipinski definition) is 7. The highest BCUT2D eigenvalue weighted by Gasteiger charge is 2.17. The number of carbonyl (C=O) groups excluding carboxylic acids is 2. The van der Waals surface area contributed by atoms with Gasteiger partial charge in [-0.2, -0.15) is 4.99 Å². The first-order chi connectivity index (χ1) is 15.5. The van der Waals surface area contributed by atoms with Gasteiger partial charge in [0.15, 0.2) is 21.9 Å². The van der Waals surface area contributed by atoms with Crippen molar-refractivity contribution in [2.24, 2.45) is 4.99 Å². The molecule has 0 aliphatic carbocycles. The van der Waals surface area contributed by atoms with E-state index in [4.69, 9.17) is 18.6 Å². The molecule has 0 saturated heterocycles. The smallest absolute Gasteiger partial charge is 0.325 e. The lowest BCUT2D eigenvalue weighted by Crippen LogP contribution is -2.22. The molecule has 4 aromatic rings. The fourth-order valence-corrected chi connectivity index (χ4v) is 4.35. The molecule has 8 nitrogen and oxygen atoms in total. The first kappa shape index (κ1) is 21.6. The Morgan fingerprint density at radius 2 is 1.91 bits per heavy atom. The Bertz CT molecular complexity index is 1360. The summed E-state index contributed by atoms with van der Waals surface area (Å²) in [6.07, 6.45) is 0. The van der Waals surface area contributed by atoms with Gasteiger partial charge >= 0.3 is 11.9 Å². The van der Waals surface area contributed by atoms with E-state index in [-0.39, 0.29) is 12.3 Å². The second kappa shape index (κ2) is 9.27. The molecule has 0 saturated carbocycles. The second-order valence-electron chi connectivity index (χ2n) is 6.74. The number of methoxy groups -OCH3 is 1. The fourth-order valence-electron chi connectivity index (χ4n) is 3.29. The summed E-state index contributed by atoms with van der Waals surface area (Å²) < 4.78 is 24.2. The van der Waals surface area contributed by atoms with Crippen molar-refractivity contribution in [2.45, 2.75) is 20.4 Å². The van der Waals surface area contributed by atoms with E-state index in [0.717, 1.165) is 15.6 Å². The van der Waals surface area contributed by atoms with Gasteiger partial charge in [0.2, 0.25) is 0 Å². The number of ether oxygens (including phenoxy) is 3. The van der Waals surface area contributed by atoms with Crippen LogP contribution in [-0.4, -0.2) is 36.8 Å². The second-order valence-corrected chi connectivity index (χ2v) is 7.75. The molecule has 0 unspecified atom stereocenters. The molecule has 0 aliphatic rings. The maximum atomic E-state index is 13.0. The predicted molar refractivity (Wildman–Crippen MR) is 120 cm³/mol. The highest BCUT2D eigenvalue weighted by atomic mass is 32.1. The van der Waals surface area contributed by atoms with Crippen molar-refractivity contribution in [1.29, 1.82) is 0 Å². The maximum absolute atomic E-state index is 13.0. The number of carbonyl (C=O) groups is 2. The van der Waals surface area contributed by atoms with Crippen molar-refractivity contribution < 1.29 is 28.2 Å². The third-order valence-corrected chi connectivity index (χ3v) is 5.74. The van der Waals surface area contributed by atoms with E-state index in [0.29, 0.717) is 35.1 Å². The summed E-state index contributed by atoms with van der Waals surface area (Å²) in [5.41, 5.74) is 1.24. The summed E-state index contributed by atoms with van der Waals surface area (Å²) >= 11 is 1.28. The predicted octanol–water partition coefficient (Wildman–Crippen LogP) is 4.16. The Kier molecular flexibility index (Phi) is 6.27. The number of aromatic nitrogens is 1. The van der Waals surface area contributed by atoms with E-state index in [9.17, 15) is 9.59 Å². The number of esters is 1. The lowest BCUT2D eigenvalue weighted by atomic mass is 10.2. The van der Waals surface area contributed by atoms with Crippen molar-refractivity contribution in [3.63, 3.8) is 0 Å². The van der Waals surface area contributed by atoms with E-state index < -0.39 is 11.9 Å². The van der Waals surface area contributed by atoms with Crippen molar-refractivity contribution in [1.82, 2.24) is 4.57 Å². The van der Waals surface area contributed by atoms with Crippen LogP contribution in [0.3, 0.4) is 0 Å². The number of nitrogens with zero attached hydrogens (tertiary/aromatic N) is 2. The summed E-state index contributed by atoms with van der Waals surface area (Å²) in [6, 6.07) is 12.6. The zero-order valence-electron chi connectivity index (χ0n) is 17.9. The van der Waals surface area contributed by atoms with Crippen LogP contribution >= 0.6 is 11.3 Å².